The highest BCUT2D eigenvalue weighted by molar-refractivity contribution is 6.58. The number of hydrogen-bond acceptors (Lipinski definition) is 6. The molecule has 4 rings (SSSR count). The van der Waals surface area contributed by atoms with Crippen molar-refractivity contribution < 1.29 is 32.2 Å². The molecule has 0 aliphatic heterocycles. The number of alkyl halides is 3. The highest BCUT2D eigenvalue weighted by Gasteiger charge is 2.31. The summed E-state index contributed by atoms with van der Waals surface area (Å²) in [4.78, 5) is 28.3. The van der Waals surface area contributed by atoms with Gasteiger partial charge in [-0.3, -0.25) is 14.7 Å². The Bertz CT molecular complexity index is 1470. The van der Waals surface area contributed by atoms with E-state index in [0.29, 0.717) is 39.6 Å². The number of nitrogens with one attached hydrogen (secondary N) is 2. The van der Waals surface area contributed by atoms with Crippen molar-refractivity contribution in [2.75, 3.05) is 0 Å². The molecule has 0 aliphatic rings. The second-order valence-corrected chi connectivity index (χ2v) is 7.90. The van der Waals surface area contributed by atoms with Gasteiger partial charge >= 0.3 is 6.36 Å². The molecule has 0 unspecified atom stereocenters. The maximum absolute atomic E-state index is 13.1. The van der Waals surface area contributed by atoms with Gasteiger partial charge in [-0.15, -0.1) is 13.2 Å². The molecular weight excluding hydrogens is 486 g/mol. The first kappa shape index (κ1) is 25.9. The lowest BCUT2D eigenvalue weighted by molar-refractivity contribution is -0.274. The first-order chi connectivity index (χ1) is 17.4. The Morgan fingerprint density at radius 2 is 1.84 bits per heavy atom. The zero-order valence-electron chi connectivity index (χ0n) is 18.9. The maximum atomic E-state index is 13.1. The number of ether oxygens (including phenoxy) is 2. The fourth-order valence-corrected chi connectivity index (χ4v) is 3.45. The lowest BCUT2D eigenvalue weighted by Crippen LogP contribution is -2.38. The Kier molecular flexibility index (Phi) is 7.02. The molecule has 0 saturated heterocycles. The quantitative estimate of drug-likeness (QED) is 0.285. The molecule has 0 spiro atoms. The molecule has 6 radical (unpaired) electrons. The summed E-state index contributed by atoms with van der Waals surface area (Å²) in [5.41, 5.74) is 2.16. The zero-order chi connectivity index (χ0) is 26.8. The topological polar surface area (TPSA) is 106 Å². The van der Waals surface area contributed by atoms with Crippen LogP contribution in [0.2, 0.25) is 0 Å². The van der Waals surface area contributed by atoms with E-state index in [-0.39, 0.29) is 18.0 Å². The number of carbonyl (C=O) groups excluding carboxylic acids is 2. The van der Waals surface area contributed by atoms with E-state index < -0.39 is 23.3 Å². The van der Waals surface area contributed by atoms with Gasteiger partial charge in [-0.25, -0.2) is 4.98 Å². The summed E-state index contributed by atoms with van der Waals surface area (Å²) >= 11 is 0. The molecule has 37 heavy (non-hydrogen) atoms. The summed E-state index contributed by atoms with van der Waals surface area (Å²) < 4.78 is 46.6. The van der Waals surface area contributed by atoms with Crippen LogP contribution in [0, 0.1) is 0 Å². The number of halogens is 3. The van der Waals surface area contributed by atoms with Crippen LogP contribution in [-0.4, -0.2) is 62.6 Å². The van der Waals surface area contributed by atoms with E-state index in [4.69, 9.17) is 28.3 Å². The minimum Gasteiger partial charge on any atom is -0.500 e. The van der Waals surface area contributed by atoms with Crippen LogP contribution in [0.4, 0.5) is 13.2 Å². The number of aromatic nitrogens is 3. The lowest BCUT2D eigenvalue weighted by Gasteiger charge is -2.24. The molecule has 4 aromatic rings. The molecule has 2 aromatic heterocycles. The summed E-state index contributed by atoms with van der Waals surface area (Å²) in [6.45, 7) is -0.149. The van der Waals surface area contributed by atoms with Crippen LogP contribution in [0.15, 0.2) is 54.7 Å². The normalized spacial score (nSPS) is 11.8. The summed E-state index contributed by atoms with van der Waals surface area (Å²) in [5, 5.41) is 7.75. The van der Waals surface area contributed by atoms with Crippen molar-refractivity contribution in [2.24, 2.45) is 0 Å². The largest absolute Gasteiger partial charge is 0.573 e. The van der Waals surface area contributed by atoms with Crippen molar-refractivity contribution in [1.29, 1.82) is 0 Å². The van der Waals surface area contributed by atoms with Crippen molar-refractivity contribution in [3.05, 3.63) is 71.5 Å². The minimum atomic E-state index is -4.85. The van der Waals surface area contributed by atoms with Crippen LogP contribution in [0.5, 0.6) is 11.6 Å². The van der Waals surface area contributed by atoms with Gasteiger partial charge in [0.15, 0.2) is 6.29 Å². The number of aromatic amines is 1. The van der Waals surface area contributed by atoms with E-state index >= 15 is 0 Å². The highest BCUT2D eigenvalue weighted by Crippen LogP contribution is 2.29. The Hall–Kier alpha value is -4.22. The van der Waals surface area contributed by atoms with E-state index in [1.165, 1.54) is 24.4 Å². The van der Waals surface area contributed by atoms with Crippen LogP contribution in [0.3, 0.4) is 0 Å². The molecule has 0 saturated carbocycles. The highest BCUT2D eigenvalue weighted by atomic mass is 19.4. The molecule has 0 fully saturated rings. The number of H-pyrrole nitrogens is 1. The Balaban J connectivity index is 1.62. The summed E-state index contributed by atoms with van der Waals surface area (Å²) in [7, 11) is 16.5. The van der Waals surface area contributed by atoms with Crippen molar-refractivity contribution in [3.8, 4) is 22.8 Å². The number of fused-ring (bicyclic) bond motifs is 1. The number of benzene rings is 2. The number of aldehydes is 1. The zero-order valence-corrected chi connectivity index (χ0v) is 18.9. The van der Waals surface area contributed by atoms with E-state index in [2.05, 4.69) is 25.2 Å². The standard InChI is InChI=1S/C23H14B3F3N4O4/c24-22(25,26)37-21-17(20(35)30-9-12-2-1-3-15(6-12)36-23(27,28)29)7-14(10-31-21)13-4-5-16-18(8-13)32-33-19(16)11-34/h1-8,10-11H,9H2,(H,30,35)(H,32,33). The van der Waals surface area contributed by atoms with E-state index in [9.17, 15) is 22.8 Å². The average Bonchev–Trinajstić information content (AvgIpc) is 3.23. The lowest BCUT2D eigenvalue weighted by atomic mass is 9.52. The Morgan fingerprint density at radius 3 is 2.54 bits per heavy atom. The van der Waals surface area contributed by atoms with Gasteiger partial charge in [-0.2, -0.15) is 5.10 Å². The molecule has 0 atom stereocenters. The molecule has 14 heteroatoms. The van der Waals surface area contributed by atoms with Crippen LogP contribution >= 0.6 is 0 Å². The predicted octanol–water partition coefficient (Wildman–Crippen LogP) is 2.76. The number of hydrogen-bond donors (Lipinski definition) is 2. The van der Waals surface area contributed by atoms with Gasteiger partial charge in [0.1, 0.15) is 40.5 Å². The monoisotopic (exact) mass is 500 g/mol. The molecule has 2 aromatic carbocycles. The van der Waals surface area contributed by atoms with Crippen LogP contribution in [-0.2, 0) is 6.54 Å². The maximum Gasteiger partial charge on any atom is 0.573 e. The molecule has 1 amide bonds. The van der Waals surface area contributed by atoms with Gasteiger partial charge in [0.2, 0.25) is 5.88 Å². The van der Waals surface area contributed by atoms with Gasteiger partial charge in [-0.1, -0.05) is 18.2 Å². The molecular formula is C23H14B3F3N4O4. The molecule has 8 nitrogen and oxygen atoms in total. The fourth-order valence-electron chi connectivity index (χ4n) is 3.45. The average molecular weight is 500 g/mol. The predicted molar refractivity (Wildman–Crippen MR) is 130 cm³/mol. The van der Waals surface area contributed by atoms with Crippen molar-refractivity contribution >= 4 is 46.6 Å². The summed E-state index contributed by atoms with van der Waals surface area (Å²) in [6.07, 6.45) is -2.81. The number of amides is 1. The SMILES string of the molecule is [B]C([B])([B])Oc1ncc(-c2ccc3c(C=O)[nH]nc3c2)cc1C(=O)NCc1cccc(OC(F)(F)F)c1. The molecule has 2 N–H and O–H groups in total. The first-order valence-corrected chi connectivity index (χ1v) is 10.5. The molecule has 180 valence electrons. The Labute approximate surface area is 212 Å². The third-order valence-corrected chi connectivity index (χ3v) is 4.99. The van der Waals surface area contributed by atoms with Crippen molar-refractivity contribution in [2.45, 2.75) is 18.2 Å². The van der Waals surface area contributed by atoms with Crippen LogP contribution in [0.1, 0.15) is 26.4 Å². The van der Waals surface area contributed by atoms with E-state index in [1.807, 2.05) is 0 Å². The number of carbonyl (C=O) groups is 2. The van der Waals surface area contributed by atoms with Crippen LogP contribution < -0.4 is 14.8 Å². The molecule has 0 aliphatic carbocycles. The first-order valence-electron chi connectivity index (χ1n) is 10.5. The van der Waals surface area contributed by atoms with E-state index in [0.717, 1.165) is 12.1 Å². The minimum absolute atomic E-state index is 0.0957. The smallest absolute Gasteiger partial charge is 0.500 e. The second-order valence-electron chi connectivity index (χ2n) is 7.90. The van der Waals surface area contributed by atoms with E-state index in [1.54, 1.807) is 18.2 Å². The number of rotatable bonds is 8. The molecule has 0 bridgehead atoms. The van der Waals surface area contributed by atoms with Gasteiger partial charge in [0.05, 0.1) is 5.52 Å². The van der Waals surface area contributed by atoms with Gasteiger partial charge in [0.25, 0.3) is 5.91 Å². The fraction of sp³-hybridized carbons (Fsp3) is 0.130. The van der Waals surface area contributed by atoms with Crippen LogP contribution in [0.25, 0.3) is 22.0 Å². The third kappa shape index (κ3) is 6.52. The second kappa shape index (κ2) is 10.0. The van der Waals surface area contributed by atoms with Crippen molar-refractivity contribution in [3.63, 3.8) is 0 Å². The summed E-state index contributed by atoms with van der Waals surface area (Å²) in [6, 6.07) is 11.6. The van der Waals surface area contributed by atoms with Gasteiger partial charge in [-0.05, 0) is 46.8 Å². The molecule has 2 heterocycles. The number of pyridine rings is 1. The third-order valence-electron chi connectivity index (χ3n) is 4.99. The Morgan fingerprint density at radius 1 is 1.05 bits per heavy atom. The van der Waals surface area contributed by atoms with Gasteiger partial charge < -0.3 is 14.8 Å². The summed E-state index contributed by atoms with van der Waals surface area (Å²) in [5.74, 6) is -1.40. The van der Waals surface area contributed by atoms with Crippen molar-refractivity contribution in [1.82, 2.24) is 20.5 Å². The van der Waals surface area contributed by atoms with Gasteiger partial charge in [0, 0.05) is 23.7 Å². The number of nitrogens with zero attached hydrogens (tertiary/aromatic N) is 2.